The van der Waals surface area contributed by atoms with Gasteiger partial charge in [0, 0.05) is 24.2 Å². The molecule has 1 fully saturated rings. The molecule has 0 aromatic heterocycles. The van der Waals surface area contributed by atoms with Gasteiger partial charge in [-0.1, -0.05) is 13.8 Å². The molecule has 1 saturated heterocycles. The fourth-order valence-corrected chi connectivity index (χ4v) is 5.13. The summed E-state index contributed by atoms with van der Waals surface area (Å²) in [6.45, 7) is 10.6. The number of carbonyl (C=O) groups excluding carboxylic acids is 2. The molecule has 2 atom stereocenters. The summed E-state index contributed by atoms with van der Waals surface area (Å²) in [5, 5.41) is 5.30. The summed E-state index contributed by atoms with van der Waals surface area (Å²) in [6.07, 6.45) is 1.02. The molecule has 2 N–H and O–H groups in total. The molecule has 0 saturated carbocycles. The number of benzene rings is 1. The molecule has 156 valence electrons. The summed E-state index contributed by atoms with van der Waals surface area (Å²) in [6, 6.07) is 5.84. The quantitative estimate of drug-likeness (QED) is 0.777. The molecular formula is C20H31N3O4S. The Morgan fingerprint density at radius 2 is 1.61 bits per heavy atom. The molecule has 2 amide bonds. The van der Waals surface area contributed by atoms with Gasteiger partial charge >= 0.3 is 0 Å². The number of amides is 2. The number of hydrogen-bond donors (Lipinski definition) is 2. The molecule has 1 aromatic carbocycles. The summed E-state index contributed by atoms with van der Waals surface area (Å²) in [7, 11) is -3.58. The first-order valence-electron chi connectivity index (χ1n) is 9.58. The van der Waals surface area contributed by atoms with Crippen LogP contribution < -0.4 is 10.6 Å². The Morgan fingerprint density at radius 1 is 1.07 bits per heavy atom. The zero-order valence-electron chi connectivity index (χ0n) is 17.3. The maximum absolute atomic E-state index is 12.9. The third-order valence-electron chi connectivity index (χ3n) is 4.51. The summed E-state index contributed by atoms with van der Waals surface area (Å²) in [5.74, 6) is -0.0627. The number of carbonyl (C=O) groups is 2. The van der Waals surface area contributed by atoms with Crippen molar-refractivity contribution >= 4 is 21.8 Å². The van der Waals surface area contributed by atoms with Crippen LogP contribution >= 0.6 is 0 Å². The molecule has 2 rings (SSSR count). The molecule has 7 nitrogen and oxygen atoms in total. The minimum absolute atomic E-state index is 0.139. The highest BCUT2D eigenvalue weighted by molar-refractivity contribution is 7.89. The Balaban J connectivity index is 2.02. The lowest BCUT2D eigenvalue weighted by molar-refractivity contribution is -0.121. The van der Waals surface area contributed by atoms with E-state index in [2.05, 4.69) is 24.5 Å². The van der Waals surface area contributed by atoms with Crippen molar-refractivity contribution in [1.29, 1.82) is 0 Å². The van der Waals surface area contributed by atoms with Crippen molar-refractivity contribution in [2.24, 2.45) is 11.8 Å². The largest absolute Gasteiger partial charge is 0.350 e. The van der Waals surface area contributed by atoms with Crippen LogP contribution in [0.25, 0.3) is 0 Å². The van der Waals surface area contributed by atoms with E-state index >= 15 is 0 Å². The van der Waals surface area contributed by atoms with E-state index in [1.807, 2.05) is 20.8 Å². The average molecular weight is 410 g/mol. The van der Waals surface area contributed by atoms with Gasteiger partial charge in [-0.05, 0) is 63.3 Å². The van der Waals surface area contributed by atoms with Gasteiger partial charge in [0.05, 0.1) is 11.4 Å². The highest BCUT2D eigenvalue weighted by atomic mass is 32.2. The van der Waals surface area contributed by atoms with Gasteiger partial charge < -0.3 is 10.6 Å². The van der Waals surface area contributed by atoms with Crippen LogP contribution in [0.3, 0.4) is 0 Å². The molecule has 28 heavy (non-hydrogen) atoms. The van der Waals surface area contributed by atoms with Crippen molar-refractivity contribution in [3.8, 4) is 0 Å². The number of piperidine rings is 1. The fraction of sp³-hybridized carbons (Fsp3) is 0.600. The number of rotatable bonds is 5. The molecule has 0 unspecified atom stereocenters. The maximum atomic E-state index is 12.9. The van der Waals surface area contributed by atoms with Gasteiger partial charge in [0.25, 0.3) is 5.91 Å². The van der Waals surface area contributed by atoms with Gasteiger partial charge in [0.1, 0.15) is 0 Å². The van der Waals surface area contributed by atoms with Crippen molar-refractivity contribution in [3.63, 3.8) is 0 Å². The molecule has 0 bridgehead atoms. The highest BCUT2D eigenvalue weighted by Crippen LogP contribution is 2.26. The Labute approximate surface area is 167 Å². The second-order valence-corrected chi connectivity index (χ2v) is 10.7. The lowest BCUT2D eigenvalue weighted by Gasteiger charge is -2.34. The van der Waals surface area contributed by atoms with Gasteiger partial charge in [-0.15, -0.1) is 0 Å². The van der Waals surface area contributed by atoms with Crippen LogP contribution in [0.1, 0.15) is 51.4 Å². The van der Waals surface area contributed by atoms with Gasteiger partial charge in [0.15, 0.2) is 0 Å². The monoisotopic (exact) mass is 409 g/mol. The second-order valence-electron chi connectivity index (χ2n) is 8.77. The number of nitrogens with zero attached hydrogens (tertiary/aromatic N) is 1. The van der Waals surface area contributed by atoms with E-state index in [1.165, 1.54) is 28.6 Å². The standard InChI is InChI=1S/C20H31N3O4S/c1-14-10-15(2)13-23(12-14)28(26,27)17-8-6-16(7-9-17)19(25)21-11-18(24)22-20(3,4)5/h6-9,14-15H,10-13H2,1-5H3,(H,21,25)(H,22,24)/t14-,15+. The zero-order valence-corrected chi connectivity index (χ0v) is 18.1. The van der Waals surface area contributed by atoms with Gasteiger partial charge in [-0.25, -0.2) is 8.42 Å². The predicted molar refractivity (Wildman–Crippen MR) is 108 cm³/mol. The molecule has 1 heterocycles. The lowest BCUT2D eigenvalue weighted by Crippen LogP contribution is -2.45. The summed E-state index contributed by atoms with van der Waals surface area (Å²) >= 11 is 0. The zero-order chi connectivity index (χ0) is 21.1. The van der Waals surface area contributed by atoms with Crippen molar-refractivity contribution in [2.45, 2.75) is 51.5 Å². The molecule has 0 spiro atoms. The van der Waals surface area contributed by atoms with Crippen LogP contribution in [-0.2, 0) is 14.8 Å². The van der Waals surface area contributed by atoms with Crippen molar-refractivity contribution in [1.82, 2.24) is 14.9 Å². The van der Waals surface area contributed by atoms with Gasteiger partial charge in [-0.3, -0.25) is 9.59 Å². The molecule has 1 aromatic rings. The Kier molecular flexibility index (Phi) is 6.88. The molecule has 0 aliphatic carbocycles. The first-order valence-corrected chi connectivity index (χ1v) is 11.0. The molecular weight excluding hydrogens is 378 g/mol. The van der Waals surface area contributed by atoms with E-state index in [9.17, 15) is 18.0 Å². The third kappa shape index (κ3) is 6.04. The van der Waals surface area contributed by atoms with Crippen LogP contribution in [0.2, 0.25) is 0 Å². The fourth-order valence-electron chi connectivity index (χ4n) is 3.45. The minimum atomic E-state index is -3.58. The SMILES string of the molecule is C[C@@H]1C[C@H](C)CN(S(=O)(=O)c2ccc(C(=O)NCC(=O)NC(C)(C)C)cc2)C1. The van der Waals surface area contributed by atoms with Crippen LogP contribution in [0.15, 0.2) is 29.2 Å². The Morgan fingerprint density at radius 3 is 2.11 bits per heavy atom. The smallest absolute Gasteiger partial charge is 0.251 e. The first-order chi connectivity index (χ1) is 12.9. The lowest BCUT2D eigenvalue weighted by atomic mass is 9.94. The van der Waals surface area contributed by atoms with E-state index in [4.69, 9.17) is 0 Å². The minimum Gasteiger partial charge on any atom is -0.350 e. The Hall–Kier alpha value is -1.93. The van der Waals surface area contributed by atoms with Crippen LogP contribution in [0.4, 0.5) is 0 Å². The average Bonchev–Trinajstić information content (AvgIpc) is 2.57. The van der Waals surface area contributed by atoms with Gasteiger partial charge in [-0.2, -0.15) is 4.31 Å². The first kappa shape index (κ1) is 22.4. The molecule has 8 heteroatoms. The second kappa shape index (κ2) is 8.61. The number of nitrogens with one attached hydrogen (secondary N) is 2. The molecule has 1 aliphatic rings. The van der Waals surface area contributed by atoms with Crippen LogP contribution in [0, 0.1) is 11.8 Å². The van der Waals surface area contributed by atoms with Crippen LogP contribution in [0.5, 0.6) is 0 Å². The topological polar surface area (TPSA) is 95.6 Å². The summed E-state index contributed by atoms with van der Waals surface area (Å²) in [5.41, 5.74) is -0.0655. The number of sulfonamides is 1. The molecule has 1 aliphatic heterocycles. The van der Waals surface area contributed by atoms with Crippen molar-refractivity contribution < 1.29 is 18.0 Å². The predicted octanol–water partition coefficient (Wildman–Crippen LogP) is 2.00. The number of hydrogen-bond acceptors (Lipinski definition) is 4. The van der Waals surface area contributed by atoms with E-state index < -0.39 is 15.9 Å². The van der Waals surface area contributed by atoms with E-state index in [1.54, 1.807) is 0 Å². The van der Waals surface area contributed by atoms with E-state index in [0.29, 0.717) is 30.5 Å². The van der Waals surface area contributed by atoms with Gasteiger partial charge in [0.2, 0.25) is 15.9 Å². The summed E-state index contributed by atoms with van der Waals surface area (Å²) < 4.78 is 27.3. The van der Waals surface area contributed by atoms with Crippen molar-refractivity contribution in [3.05, 3.63) is 29.8 Å². The van der Waals surface area contributed by atoms with E-state index in [-0.39, 0.29) is 22.9 Å². The maximum Gasteiger partial charge on any atom is 0.251 e. The van der Waals surface area contributed by atoms with Crippen LogP contribution in [-0.4, -0.2) is 49.7 Å². The van der Waals surface area contributed by atoms with Crippen molar-refractivity contribution in [2.75, 3.05) is 19.6 Å². The summed E-state index contributed by atoms with van der Waals surface area (Å²) in [4.78, 5) is 24.2. The normalized spacial score (nSPS) is 21.2. The Bertz CT molecular complexity index is 803. The van der Waals surface area contributed by atoms with E-state index in [0.717, 1.165) is 6.42 Å². The molecule has 0 radical (unpaired) electrons. The highest BCUT2D eigenvalue weighted by Gasteiger charge is 2.31. The third-order valence-corrected chi connectivity index (χ3v) is 6.36.